The van der Waals surface area contributed by atoms with Gasteiger partial charge in [-0.3, -0.25) is 4.98 Å². The molecule has 170 valence electrons. The Hall–Kier alpha value is -4.54. The summed E-state index contributed by atoms with van der Waals surface area (Å²) in [7, 11) is 0. The summed E-state index contributed by atoms with van der Waals surface area (Å²) in [6.45, 7) is 0. The van der Waals surface area contributed by atoms with E-state index in [0.29, 0.717) is 5.88 Å². The van der Waals surface area contributed by atoms with Gasteiger partial charge in [-0.2, -0.15) is 0 Å². The van der Waals surface area contributed by atoms with Crippen LogP contribution in [0.5, 0.6) is 11.6 Å². The number of benzene rings is 4. The summed E-state index contributed by atoms with van der Waals surface area (Å²) in [5.41, 5.74) is 3.93. The first-order valence-electron chi connectivity index (χ1n) is 11.8. The monoisotopic (exact) mass is 480 g/mol. The Morgan fingerprint density at radius 1 is 0.583 bits per heavy atom. The molecule has 3 nitrogen and oxygen atoms in total. The summed E-state index contributed by atoms with van der Waals surface area (Å²) in [5, 5.41) is 5.04. The number of rotatable bonds is 4. The number of fused-ring (bicyclic) bond motifs is 5. The highest BCUT2D eigenvalue weighted by Gasteiger charge is 2.14. The van der Waals surface area contributed by atoms with Gasteiger partial charge in [0.15, 0.2) is 0 Å². The topological polar surface area (TPSA) is 35.0 Å². The lowest BCUT2D eigenvalue weighted by atomic mass is 10.0. The van der Waals surface area contributed by atoms with Crippen molar-refractivity contribution in [3.8, 4) is 34.1 Å². The molecule has 0 saturated heterocycles. The fraction of sp³-hybridized carbons (Fsp3) is 0. The van der Waals surface area contributed by atoms with Crippen LogP contribution in [-0.2, 0) is 0 Å². The van der Waals surface area contributed by atoms with Gasteiger partial charge in [-0.15, -0.1) is 11.3 Å². The summed E-state index contributed by atoms with van der Waals surface area (Å²) in [6, 6.07) is 39.2. The van der Waals surface area contributed by atoms with Crippen LogP contribution in [0.15, 0.2) is 121 Å². The molecule has 0 saturated carbocycles. The number of pyridine rings is 2. The van der Waals surface area contributed by atoms with E-state index in [-0.39, 0.29) is 0 Å². The summed E-state index contributed by atoms with van der Waals surface area (Å²) >= 11 is 1.81. The molecule has 3 aromatic heterocycles. The number of ether oxygens (including phenoxy) is 1. The molecule has 0 atom stereocenters. The summed E-state index contributed by atoms with van der Waals surface area (Å²) in [4.78, 5) is 9.51. The van der Waals surface area contributed by atoms with E-state index in [1.54, 1.807) is 11.3 Å². The summed E-state index contributed by atoms with van der Waals surface area (Å²) < 4.78 is 8.68. The molecule has 0 radical (unpaired) electrons. The lowest BCUT2D eigenvalue weighted by Gasteiger charge is -2.09. The van der Waals surface area contributed by atoms with E-state index in [0.717, 1.165) is 28.3 Å². The average molecular weight is 481 g/mol. The molecule has 7 aromatic rings. The van der Waals surface area contributed by atoms with E-state index < -0.39 is 0 Å². The third kappa shape index (κ3) is 3.60. The largest absolute Gasteiger partial charge is 0.439 e. The molecule has 0 N–H and O–H groups in total. The predicted molar refractivity (Wildman–Crippen MR) is 150 cm³/mol. The minimum atomic E-state index is 0.563. The van der Waals surface area contributed by atoms with Crippen LogP contribution in [0.2, 0.25) is 0 Å². The van der Waals surface area contributed by atoms with Crippen LogP contribution in [0.1, 0.15) is 0 Å². The second-order valence-corrected chi connectivity index (χ2v) is 9.68. The van der Waals surface area contributed by atoms with Crippen LogP contribution < -0.4 is 4.74 Å². The zero-order chi connectivity index (χ0) is 23.9. The Kier molecular flexibility index (Phi) is 4.97. The Labute approximate surface area is 212 Å². The van der Waals surface area contributed by atoms with Gasteiger partial charge in [-0.05, 0) is 35.0 Å². The van der Waals surface area contributed by atoms with Gasteiger partial charge < -0.3 is 4.74 Å². The predicted octanol–water partition coefficient (Wildman–Crippen LogP) is 9.12. The fourth-order valence-electron chi connectivity index (χ4n) is 4.71. The van der Waals surface area contributed by atoms with Crippen molar-refractivity contribution in [3.63, 3.8) is 0 Å². The fourth-order valence-corrected chi connectivity index (χ4v) is 6.05. The molecule has 0 bridgehead atoms. The molecule has 4 heteroatoms. The van der Waals surface area contributed by atoms with E-state index >= 15 is 0 Å². The number of hydrogen-bond acceptors (Lipinski definition) is 4. The number of aromatic nitrogens is 2. The summed E-state index contributed by atoms with van der Waals surface area (Å²) in [6.07, 6.45) is 1.90. The van der Waals surface area contributed by atoms with Crippen LogP contribution in [0.25, 0.3) is 53.5 Å². The van der Waals surface area contributed by atoms with Gasteiger partial charge in [-0.1, -0.05) is 84.9 Å². The van der Waals surface area contributed by atoms with Crippen molar-refractivity contribution in [2.24, 2.45) is 0 Å². The van der Waals surface area contributed by atoms with Crippen molar-refractivity contribution >= 4 is 42.3 Å². The third-order valence-electron chi connectivity index (χ3n) is 6.40. The Bertz CT molecular complexity index is 1870. The zero-order valence-electron chi connectivity index (χ0n) is 19.3. The van der Waals surface area contributed by atoms with Gasteiger partial charge >= 0.3 is 0 Å². The first kappa shape index (κ1) is 20.8. The molecular formula is C32H20N2OS. The smallest absolute Gasteiger partial charge is 0.219 e. The molecule has 3 heterocycles. The first-order valence-corrected chi connectivity index (χ1v) is 12.6. The van der Waals surface area contributed by atoms with Gasteiger partial charge in [0.25, 0.3) is 0 Å². The molecule has 0 aliphatic rings. The number of hydrogen-bond donors (Lipinski definition) is 0. The minimum Gasteiger partial charge on any atom is -0.439 e. The molecule has 36 heavy (non-hydrogen) atoms. The van der Waals surface area contributed by atoms with Gasteiger partial charge in [0.2, 0.25) is 5.88 Å². The Balaban J connectivity index is 1.29. The van der Waals surface area contributed by atoms with Crippen LogP contribution in [0.4, 0.5) is 0 Å². The van der Waals surface area contributed by atoms with E-state index in [2.05, 4.69) is 48.5 Å². The lowest BCUT2D eigenvalue weighted by molar-refractivity contribution is 0.464. The van der Waals surface area contributed by atoms with Crippen molar-refractivity contribution in [2.45, 2.75) is 0 Å². The quantitative estimate of drug-likeness (QED) is 0.252. The van der Waals surface area contributed by atoms with Gasteiger partial charge in [0.1, 0.15) is 5.75 Å². The molecule has 0 fully saturated rings. The molecule has 0 aliphatic carbocycles. The highest BCUT2D eigenvalue weighted by atomic mass is 32.1. The maximum atomic E-state index is 6.20. The molecule has 7 rings (SSSR count). The first-order chi connectivity index (χ1) is 17.8. The van der Waals surface area contributed by atoms with Crippen LogP contribution in [-0.4, -0.2) is 9.97 Å². The molecular weight excluding hydrogens is 460 g/mol. The maximum Gasteiger partial charge on any atom is 0.219 e. The Morgan fingerprint density at radius 2 is 1.39 bits per heavy atom. The van der Waals surface area contributed by atoms with Crippen LogP contribution >= 0.6 is 11.3 Å². The van der Waals surface area contributed by atoms with Crippen molar-refractivity contribution < 1.29 is 4.74 Å². The normalized spacial score (nSPS) is 11.3. The second-order valence-electron chi connectivity index (χ2n) is 8.66. The van der Waals surface area contributed by atoms with Crippen molar-refractivity contribution in [1.82, 2.24) is 9.97 Å². The molecule has 0 spiro atoms. The van der Waals surface area contributed by atoms with Crippen molar-refractivity contribution in [1.29, 1.82) is 0 Å². The maximum absolute atomic E-state index is 6.20. The highest BCUT2D eigenvalue weighted by Crippen LogP contribution is 2.42. The van der Waals surface area contributed by atoms with Crippen molar-refractivity contribution in [2.75, 3.05) is 0 Å². The standard InChI is InChI=1S/C32H20N2OS/c1-2-9-22(10-3-1)28-14-7-15-29(34-28)35-24-12-6-11-23(20-24)30-32-27(18-19-33-30)26-17-16-21-8-4-5-13-25(21)31(26)36-32/h1-20H. The second kappa shape index (κ2) is 8.59. The average Bonchev–Trinajstić information content (AvgIpc) is 3.33. The number of nitrogens with zero attached hydrogens (tertiary/aromatic N) is 2. The summed E-state index contributed by atoms with van der Waals surface area (Å²) in [5.74, 6) is 1.29. The van der Waals surface area contributed by atoms with Gasteiger partial charge in [0, 0.05) is 38.9 Å². The van der Waals surface area contributed by atoms with E-state index in [9.17, 15) is 0 Å². The zero-order valence-corrected chi connectivity index (χ0v) is 20.1. The SMILES string of the molecule is c1ccc(-c2cccc(Oc3cccc(-c4nccc5c4sc4c6ccccc6ccc54)c3)n2)cc1. The third-order valence-corrected chi connectivity index (χ3v) is 7.66. The van der Waals surface area contributed by atoms with Gasteiger partial charge in [-0.25, -0.2) is 4.98 Å². The molecule has 0 unspecified atom stereocenters. The van der Waals surface area contributed by atoms with E-state index in [4.69, 9.17) is 14.7 Å². The van der Waals surface area contributed by atoms with Crippen LogP contribution in [0.3, 0.4) is 0 Å². The molecule has 0 amide bonds. The van der Waals surface area contributed by atoms with Gasteiger partial charge in [0.05, 0.1) is 16.1 Å². The molecule has 0 aliphatic heterocycles. The number of thiophene rings is 1. The Morgan fingerprint density at radius 3 is 2.33 bits per heavy atom. The highest BCUT2D eigenvalue weighted by molar-refractivity contribution is 7.27. The van der Waals surface area contributed by atoms with E-state index in [1.165, 1.54) is 30.9 Å². The molecule has 4 aromatic carbocycles. The van der Waals surface area contributed by atoms with Crippen molar-refractivity contribution in [3.05, 3.63) is 121 Å². The van der Waals surface area contributed by atoms with Crippen LogP contribution in [0, 0.1) is 0 Å². The lowest BCUT2D eigenvalue weighted by Crippen LogP contribution is -1.91. The van der Waals surface area contributed by atoms with E-state index in [1.807, 2.05) is 72.9 Å². The minimum absolute atomic E-state index is 0.563.